The molecular weight excluding hydrogens is 198 g/mol. The first kappa shape index (κ1) is 13.0. The SMILES string of the molecule is CCCCC(C)NCCc1ccc(O)cc1. The van der Waals surface area contributed by atoms with Crippen LogP contribution in [0.25, 0.3) is 0 Å². The van der Waals surface area contributed by atoms with E-state index in [-0.39, 0.29) is 0 Å². The van der Waals surface area contributed by atoms with Gasteiger partial charge in [0.2, 0.25) is 0 Å². The molecule has 16 heavy (non-hydrogen) atoms. The number of unbranched alkanes of at least 4 members (excludes halogenated alkanes) is 1. The van der Waals surface area contributed by atoms with Crippen LogP contribution in [0.2, 0.25) is 0 Å². The van der Waals surface area contributed by atoms with E-state index in [1.165, 1.54) is 24.8 Å². The number of hydrogen-bond acceptors (Lipinski definition) is 2. The lowest BCUT2D eigenvalue weighted by Crippen LogP contribution is -2.27. The highest BCUT2D eigenvalue weighted by molar-refractivity contribution is 5.25. The van der Waals surface area contributed by atoms with Gasteiger partial charge in [-0.05, 0) is 44.0 Å². The Hall–Kier alpha value is -1.02. The Morgan fingerprint density at radius 3 is 2.56 bits per heavy atom. The zero-order valence-corrected chi connectivity index (χ0v) is 10.4. The van der Waals surface area contributed by atoms with Crippen molar-refractivity contribution in [2.45, 2.75) is 45.6 Å². The first-order chi connectivity index (χ1) is 7.72. The zero-order valence-electron chi connectivity index (χ0n) is 10.4. The molecule has 0 amide bonds. The minimum Gasteiger partial charge on any atom is -0.508 e. The predicted octanol–water partition coefficient (Wildman–Crippen LogP) is 3.10. The van der Waals surface area contributed by atoms with Gasteiger partial charge in [0.1, 0.15) is 5.75 Å². The normalized spacial score (nSPS) is 12.6. The number of phenols is 1. The van der Waals surface area contributed by atoms with E-state index in [4.69, 9.17) is 5.11 Å². The summed E-state index contributed by atoms with van der Waals surface area (Å²) in [6.07, 6.45) is 4.85. The molecule has 2 nitrogen and oxygen atoms in total. The lowest BCUT2D eigenvalue weighted by Gasteiger charge is -2.13. The summed E-state index contributed by atoms with van der Waals surface area (Å²) in [4.78, 5) is 0. The Labute approximate surface area is 98.7 Å². The maximum absolute atomic E-state index is 9.15. The van der Waals surface area contributed by atoms with Gasteiger partial charge in [-0.1, -0.05) is 31.9 Å². The number of hydrogen-bond donors (Lipinski definition) is 2. The fourth-order valence-corrected chi connectivity index (χ4v) is 1.74. The highest BCUT2D eigenvalue weighted by Crippen LogP contribution is 2.09. The minimum absolute atomic E-state index is 0.341. The van der Waals surface area contributed by atoms with Gasteiger partial charge in [0, 0.05) is 6.04 Å². The third kappa shape index (κ3) is 5.17. The average molecular weight is 221 g/mol. The van der Waals surface area contributed by atoms with Crippen molar-refractivity contribution >= 4 is 0 Å². The van der Waals surface area contributed by atoms with Crippen LogP contribution in [-0.4, -0.2) is 17.7 Å². The van der Waals surface area contributed by atoms with Crippen LogP contribution >= 0.6 is 0 Å². The Morgan fingerprint density at radius 2 is 1.94 bits per heavy atom. The molecule has 0 radical (unpaired) electrons. The van der Waals surface area contributed by atoms with Gasteiger partial charge in [-0.2, -0.15) is 0 Å². The van der Waals surface area contributed by atoms with Gasteiger partial charge in [0.05, 0.1) is 0 Å². The third-order valence-corrected chi connectivity index (χ3v) is 2.83. The monoisotopic (exact) mass is 221 g/mol. The molecule has 0 bridgehead atoms. The highest BCUT2D eigenvalue weighted by Gasteiger charge is 2.00. The van der Waals surface area contributed by atoms with Crippen molar-refractivity contribution in [1.82, 2.24) is 5.32 Å². The van der Waals surface area contributed by atoms with E-state index in [9.17, 15) is 0 Å². The Kier molecular flexibility index (Phi) is 5.94. The standard InChI is InChI=1S/C14H23NO/c1-3-4-5-12(2)15-11-10-13-6-8-14(16)9-7-13/h6-9,12,15-16H,3-5,10-11H2,1-2H3. The van der Waals surface area contributed by atoms with Gasteiger partial charge < -0.3 is 10.4 Å². The van der Waals surface area contributed by atoms with Crippen LogP contribution in [0.4, 0.5) is 0 Å². The molecule has 1 aromatic carbocycles. The number of aromatic hydroxyl groups is 1. The van der Waals surface area contributed by atoms with Crippen LogP contribution in [0.15, 0.2) is 24.3 Å². The Bertz CT molecular complexity index is 281. The maximum Gasteiger partial charge on any atom is 0.115 e. The van der Waals surface area contributed by atoms with Crippen molar-refractivity contribution in [3.63, 3.8) is 0 Å². The van der Waals surface area contributed by atoms with Crippen LogP contribution in [0.3, 0.4) is 0 Å². The second-order valence-electron chi connectivity index (χ2n) is 4.41. The first-order valence-corrected chi connectivity index (χ1v) is 6.23. The van der Waals surface area contributed by atoms with Gasteiger partial charge in [-0.25, -0.2) is 0 Å². The summed E-state index contributed by atoms with van der Waals surface area (Å²) in [6, 6.07) is 8.06. The second-order valence-corrected chi connectivity index (χ2v) is 4.41. The number of benzene rings is 1. The molecule has 0 aromatic heterocycles. The molecule has 0 aliphatic rings. The van der Waals surface area contributed by atoms with E-state index in [1.54, 1.807) is 12.1 Å². The molecule has 0 saturated heterocycles. The topological polar surface area (TPSA) is 32.3 Å². The van der Waals surface area contributed by atoms with Crippen molar-refractivity contribution in [2.75, 3.05) is 6.54 Å². The lowest BCUT2D eigenvalue weighted by molar-refractivity contribution is 0.474. The van der Waals surface area contributed by atoms with Crippen LogP contribution < -0.4 is 5.32 Å². The molecule has 0 heterocycles. The van der Waals surface area contributed by atoms with Gasteiger partial charge in [0.25, 0.3) is 0 Å². The molecule has 0 fully saturated rings. The van der Waals surface area contributed by atoms with E-state index >= 15 is 0 Å². The average Bonchev–Trinajstić information content (AvgIpc) is 2.29. The molecule has 1 atom stereocenters. The van der Waals surface area contributed by atoms with E-state index in [0.29, 0.717) is 11.8 Å². The van der Waals surface area contributed by atoms with Crippen molar-refractivity contribution in [3.05, 3.63) is 29.8 Å². The van der Waals surface area contributed by atoms with Crippen LogP contribution in [0.5, 0.6) is 5.75 Å². The Balaban J connectivity index is 2.17. The summed E-state index contributed by atoms with van der Waals surface area (Å²) < 4.78 is 0. The molecule has 2 heteroatoms. The second kappa shape index (κ2) is 7.29. The molecule has 0 aliphatic carbocycles. The van der Waals surface area contributed by atoms with E-state index < -0.39 is 0 Å². The molecular formula is C14H23NO. The molecule has 1 rings (SSSR count). The summed E-state index contributed by atoms with van der Waals surface area (Å²) in [5.41, 5.74) is 1.27. The van der Waals surface area contributed by atoms with Crippen LogP contribution in [0, 0.1) is 0 Å². The fourth-order valence-electron chi connectivity index (χ4n) is 1.74. The summed E-state index contributed by atoms with van der Waals surface area (Å²) in [7, 11) is 0. The van der Waals surface area contributed by atoms with E-state index in [0.717, 1.165) is 13.0 Å². The largest absolute Gasteiger partial charge is 0.508 e. The summed E-state index contributed by atoms with van der Waals surface area (Å²) in [6.45, 7) is 5.48. The summed E-state index contributed by atoms with van der Waals surface area (Å²) >= 11 is 0. The quantitative estimate of drug-likeness (QED) is 0.741. The minimum atomic E-state index is 0.341. The van der Waals surface area contributed by atoms with E-state index in [1.807, 2.05) is 12.1 Å². The molecule has 2 N–H and O–H groups in total. The van der Waals surface area contributed by atoms with Gasteiger partial charge in [0.15, 0.2) is 0 Å². The molecule has 0 saturated carbocycles. The number of nitrogens with one attached hydrogen (secondary N) is 1. The van der Waals surface area contributed by atoms with Gasteiger partial charge >= 0.3 is 0 Å². The van der Waals surface area contributed by atoms with Gasteiger partial charge in [-0.3, -0.25) is 0 Å². The maximum atomic E-state index is 9.15. The van der Waals surface area contributed by atoms with Crippen molar-refractivity contribution in [1.29, 1.82) is 0 Å². The van der Waals surface area contributed by atoms with Crippen molar-refractivity contribution in [2.24, 2.45) is 0 Å². The Morgan fingerprint density at radius 1 is 1.25 bits per heavy atom. The third-order valence-electron chi connectivity index (χ3n) is 2.83. The van der Waals surface area contributed by atoms with Crippen LogP contribution in [0.1, 0.15) is 38.7 Å². The molecule has 0 aliphatic heterocycles. The first-order valence-electron chi connectivity index (χ1n) is 6.23. The van der Waals surface area contributed by atoms with Crippen molar-refractivity contribution in [3.8, 4) is 5.75 Å². The summed E-state index contributed by atoms with van der Waals surface area (Å²) in [5.74, 6) is 0.341. The predicted molar refractivity (Wildman–Crippen MR) is 68.8 cm³/mol. The molecule has 0 spiro atoms. The fraction of sp³-hybridized carbons (Fsp3) is 0.571. The molecule has 1 aromatic rings. The number of rotatable bonds is 7. The molecule has 1 unspecified atom stereocenters. The summed E-state index contributed by atoms with van der Waals surface area (Å²) in [5, 5.41) is 12.7. The number of phenolic OH excluding ortho intramolecular Hbond substituents is 1. The van der Waals surface area contributed by atoms with Crippen molar-refractivity contribution < 1.29 is 5.11 Å². The smallest absolute Gasteiger partial charge is 0.115 e. The molecule has 90 valence electrons. The lowest BCUT2D eigenvalue weighted by atomic mass is 10.1. The van der Waals surface area contributed by atoms with Crippen LogP contribution in [-0.2, 0) is 6.42 Å². The van der Waals surface area contributed by atoms with Gasteiger partial charge in [-0.15, -0.1) is 0 Å². The highest BCUT2D eigenvalue weighted by atomic mass is 16.3. The van der Waals surface area contributed by atoms with E-state index in [2.05, 4.69) is 19.2 Å². The zero-order chi connectivity index (χ0) is 11.8.